The van der Waals surface area contributed by atoms with Gasteiger partial charge in [0.1, 0.15) is 5.69 Å². The predicted octanol–water partition coefficient (Wildman–Crippen LogP) is 1.87. The fourth-order valence-electron chi connectivity index (χ4n) is 2.40. The summed E-state index contributed by atoms with van der Waals surface area (Å²) in [7, 11) is 0. The van der Waals surface area contributed by atoms with Crippen LogP contribution in [0.5, 0.6) is 0 Å². The van der Waals surface area contributed by atoms with Crippen molar-refractivity contribution in [3.8, 4) is 0 Å². The molecule has 0 saturated carbocycles. The van der Waals surface area contributed by atoms with Crippen molar-refractivity contribution in [2.24, 2.45) is 0 Å². The topological polar surface area (TPSA) is 21.5 Å². The molecule has 1 unspecified atom stereocenters. The first-order valence-electron chi connectivity index (χ1n) is 6.30. The maximum absolute atomic E-state index is 12.0. The molecule has 1 aliphatic heterocycles. The quantitative estimate of drug-likeness (QED) is 0.821. The number of aryl methyl sites for hydroxylation is 1. The van der Waals surface area contributed by atoms with Gasteiger partial charge in [-0.3, -0.25) is 0 Å². The van der Waals surface area contributed by atoms with Gasteiger partial charge in [0.15, 0.2) is 0 Å². The average Bonchev–Trinajstić information content (AvgIpc) is 2.46. The van der Waals surface area contributed by atoms with Crippen molar-refractivity contribution in [2.45, 2.75) is 39.0 Å². The van der Waals surface area contributed by atoms with Gasteiger partial charge in [0.05, 0.1) is 13.0 Å². The fourth-order valence-corrected chi connectivity index (χ4v) is 2.40. The second-order valence-electron chi connectivity index (χ2n) is 4.52. The van der Waals surface area contributed by atoms with Crippen molar-refractivity contribution in [3.05, 3.63) is 29.8 Å². The third-order valence-corrected chi connectivity index (χ3v) is 3.31. The molecule has 1 atom stereocenters. The lowest BCUT2D eigenvalue weighted by molar-refractivity contribution is -0.749. The molecule has 2 nitrogen and oxygen atoms in total. The number of benzene rings is 1. The number of unbranched alkanes of at least 4 members (excludes halogenated alkanes) is 1. The molecule has 0 fully saturated rings. The second-order valence-corrected chi connectivity index (χ2v) is 4.52. The number of nitrogens with one attached hydrogen (secondary N) is 1. The second kappa shape index (κ2) is 5.26. The zero-order valence-electron chi connectivity index (χ0n) is 9.96. The molecule has 86 valence electrons. The van der Waals surface area contributed by atoms with Crippen LogP contribution >= 0.6 is 0 Å². The van der Waals surface area contributed by atoms with Crippen LogP contribution in [-0.2, 0) is 11.2 Å². The molecule has 0 spiro atoms. The Morgan fingerprint density at radius 2 is 2.06 bits per heavy atom. The summed E-state index contributed by atoms with van der Waals surface area (Å²) in [6.45, 7) is 3.12. The minimum atomic E-state index is 0.374. The summed E-state index contributed by atoms with van der Waals surface area (Å²) < 4.78 is 0. The van der Waals surface area contributed by atoms with Gasteiger partial charge >= 0.3 is 5.91 Å². The van der Waals surface area contributed by atoms with Crippen LogP contribution < -0.4 is 4.90 Å². The molecule has 0 aromatic heterocycles. The first-order chi connectivity index (χ1) is 7.83. The Hall–Kier alpha value is -1.15. The Morgan fingerprint density at radius 1 is 1.25 bits per heavy atom. The minimum Gasteiger partial charge on any atom is -0.239 e. The smallest absolute Gasteiger partial charge is 0.239 e. The van der Waals surface area contributed by atoms with Crippen molar-refractivity contribution in [2.75, 3.05) is 6.54 Å². The van der Waals surface area contributed by atoms with E-state index >= 15 is 0 Å². The van der Waals surface area contributed by atoms with Gasteiger partial charge in [-0.2, -0.15) is 0 Å². The van der Waals surface area contributed by atoms with E-state index in [0.29, 0.717) is 5.91 Å². The third kappa shape index (κ3) is 2.33. The third-order valence-electron chi connectivity index (χ3n) is 3.31. The molecule has 1 N–H and O–H groups in total. The summed E-state index contributed by atoms with van der Waals surface area (Å²) in [4.78, 5) is 13.1. The monoisotopic (exact) mass is 218 g/mol. The fraction of sp³-hybridized carbons (Fsp3) is 0.500. The van der Waals surface area contributed by atoms with E-state index in [1.54, 1.807) is 0 Å². The summed E-state index contributed by atoms with van der Waals surface area (Å²) in [5.74, 6) is 0.374. The largest absolute Gasteiger partial charge is 0.317 e. The van der Waals surface area contributed by atoms with E-state index in [-0.39, 0.29) is 0 Å². The van der Waals surface area contributed by atoms with E-state index in [9.17, 15) is 4.79 Å². The first kappa shape index (κ1) is 11.3. The number of para-hydroxylation sites is 1. The molecule has 1 heterocycles. The molecular weight excluding hydrogens is 198 g/mol. The SMILES string of the molecule is CCCC[NH+]1C(=O)CCCc2ccccc21. The molecule has 1 amide bonds. The number of carbonyl (C=O) groups is 1. The Labute approximate surface area is 97.3 Å². The van der Waals surface area contributed by atoms with E-state index in [2.05, 4.69) is 25.1 Å². The van der Waals surface area contributed by atoms with Gasteiger partial charge in [-0.05, 0) is 25.3 Å². The van der Waals surface area contributed by atoms with E-state index in [1.165, 1.54) is 11.3 Å². The lowest BCUT2D eigenvalue weighted by atomic mass is 10.1. The molecule has 1 aliphatic rings. The maximum Gasteiger partial charge on any atom is 0.317 e. The van der Waals surface area contributed by atoms with Crippen LogP contribution in [0.1, 0.15) is 38.2 Å². The van der Waals surface area contributed by atoms with Crippen LogP contribution in [0.2, 0.25) is 0 Å². The molecule has 1 aromatic carbocycles. The number of amides is 1. The Morgan fingerprint density at radius 3 is 2.88 bits per heavy atom. The molecule has 2 heteroatoms. The lowest BCUT2D eigenvalue weighted by Gasteiger charge is -2.16. The minimum absolute atomic E-state index is 0.374. The average molecular weight is 218 g/mol. The number of rotatable bonds is 3. The van der Waals surface area contributed by atoms with Crippen molar-refractivity contribution in [3.63, 3.8) is 0 Å². The molecule has 0 radical (unpaired) electrons. The molecule has 16 heavy (non-hydrogen) atoms. The normalized spacial score (nSPS) is 20.3. The van der Waals surface area contributed by atoms with Crippen molar-refractivity contribution >= 4 is 11.6 Å². The van der Waals surface area contributed by atoms with Gasteiger partial charge in [-0.25, -0.2) is 9.69 Å². The van der Waals surface area contributed by atoms with Crippen LogP contribution in [0.3, 0.4) is 0 Å². The molecule has 1 aromatic rings. The highest BCUT2D eigenvalue weighted by atomic mass is 16.2. The van der Waals surface area contributed by atoms with Crippen LogP contribution in [-0.4, -0.2) is 12.5 Å². The van der Waals surface area contributed by atoms with Crippen molar-refractivity contribution in [1.82, 2.24) is 0 Å². The number of carbonyl (C=O) groups excluding carboxylic acids is 1. The number of fused-ring (bicyclic) bond motifs is 1. The number of hydrogen-bond acceptors (Lipinski definition) is 1. The van der Waals surface area contributed by atoms with E-state index in [1.807, 2.05) is 6.07 Å². The number of hydrogen-bond donors (Lipinski definition) is 1. The first-order valence-corrected chi connectivity index (χ1v) is 6.30. The van der Waals surface area contributed by atoms with Gasteiger partial charge < -0.3 is 0 Å². The molecule has 0 aliphatic carbocycles. The molecule has 2 rings (SSSR count). The standard InChI is InChI=1S/C14H19NO/c1-2-3-11-15-13-9-5-4-7-12(13)8-6-10-14(15)16/h4-5,7,9H,2-3,6,8,10-11H2,1H3/p+1. The summed E-state index contributed by atoms with van der Waals surface area (Å²) in [5, 5.41) is 0. The highest BCUT2D eigenvalue weighted by Crippen LogP contribution is 2.16. The summed E-state index contributed by atoms with van der Waals surface area (Å²) in [6, 6.07) is 8.40. The molecule has 0 saturated heterocycles. The Balaban J connectivity index is 2.28. The Bertz CT molecular complexity index is 373. The van der Waals surface area contributed by atoms with Crippen LogP contribution in [0, 0.1) is 0 Å². The van der Waals surface area contributed by atoms with Crippen molar-refractivity contribution < 1.29 is 9.69 Å². The van der Waals surface area contributed by atoms with Crippen LogP contribution in [0.4, 0.5) is 5.69 Å². The van der Waals surface area contributed by atoms with E-state index < -0.39 is 0 Å². The zero-order valence-corrected chi connectivity index (χ0v) is 9.96. The summed E-state index contributed by atoms with van der Waals surface area (Å²) in [5.41, 5.74) is 2.58. The van der Waals surface area contributed by atoms with Gasteiger partial charge in [-0.1, -0.05) is 31.5 Å². The molecule has 0 bridgehead atoms. The molecular formula is C14H20NO+. The van der Waals surface area contributed by atoms with Crippen molar-refractivity contribution in [1.29, 1.82) is 0 Å². The van der Waals surface area contributed by atoms with Crippen LogP contribution in [0.15, 0.2) is 24.3 Å². The van der Waals surface area contributed by atoms with Gasteiger partial charge in [0, 0.05) is 5.56 Å². The van der Waals surface area contributed by atoms with E-state index in [4.69, 9.17) is 0 Å². The van der Waals surface area contributed by atoms with E-state index in [0.717, 1.165) is 43.5 Å². The van der Waals surface area contributed by atoms with Gasteiger partial charge in [0.2, 0.25) is 0 Å². The summed E-state index contributed by atoms with van der Waals surface area (Å²) in [6.07, 6.45) is 5.06. The van der Waals surface area contributed by atoms with Gasteiger partial charge in [0.25, 0.3) is 0 Å². The highest BCUT2D eigenvalue weighted by molar-refractivity contribution is 5.70. The Kier molecular flexibility index (Phi) is 3.73. The van der Waals surface area contributed by atoms with Crippen LogP contribution in [0.25, 0.3) is 0 Å². The maximum atomic E-state index is 12.0. The predicted molar refractivity (Wildman–Crippen MR) is 64.8 cm³/mol. The lowest BCUT2D eigenvalue weighted by Crippen LogP contribution is -3.10. The highest BCUT2D eigenvalue weighted by Gasteiger charge is 2.26. The zero-order chi connectivity index (χ0) is 11.4. The van der Waals surface area contributed by atoms with Gasteiger partial charge in [-0.15, -0.1) is 0 Å². The summed E-state index contributed by atoms with van der Waals surface area (Å²) >= 11 is 0. The number of quaternary nitrogens is 1.